The Morgan fingerprint density at radius 3 is 2.48 bits per heavy atom. The van der Waals surface area contributed by atoms with Crippen LogP contribution in [0.25, 0.3) is 0 Å². The number of sulfone groups is 1. The molecule has 2 aromatic carbocycles. The van der Waals surface area contributed by atoms with Crippen molar-refractivity contribution in [2.24, 2.45) is 0 Å². The van der Waals surface area contributed by atoms with Crippen LogP contribution in [0.2, 0.25) is 0 Å². The highest BCUT2D eigenvalue weighted by molar-refractivity contribution is 7.90. The van der Waals surface area contributed by atoms with E-state index >= 15 is 0 Å². The van der Waals surface area contributed by atoms with Gasteiger partial charge in [0.25, 0.3) is 5.91 Å². The number of methoxy groups -OCH3 is 2. The first kappa shape index (κ1) is 22.5. The van der Waals surface area contributed by atoms with E-state index in [1.165, 1.54) is 7.11 Å². The van der Waals surface area contributed by atoms with Crippen LogP contribution in [0.1, 0.15) is 27.9 Å². The summed E-state index contributed by atoms with van der Waals surface area (Å²) in [6.07, 6.45) is 2.59. The quantitative estimate of drug-likeness (QED) is 0.449. The predicted octanol–water partition coefficient (Wildman–Crippen LogP) is 3.17. The number of carbonyl (C=O) groups is 1. The number of ether oxygens (including phenoxy) is 2. The van der Waals surface area contributed by atoms with Gasteiger partial charge in [0.1, 0.15) is 0 Å². The Bertz CT molecular complexity index is 939. The van der Waals surface area contributed by atoms with Crippen molar-refractivity contribution in [3.63, 3.8) is 0 Å². The maximum absolute atomic E-state index is 12.5. The fraction of sp³-hybridized carbons (Fsp3) is 0.318. The molecule has 0 radical (unpaired) electrons. The lowest BCUT2D eigenvalue weighted by molar-refractivity contribution is 0.0953. The van der Waals surface area contributed by atoms with Crippen molar-refractivity contribution in [3.05, 3.63) is 71.8 Å². The molecule has 0 saturated carbocycles. The van der Waals surface area contributed by atoms with Crippen LogP contribution in [0.3, 0.4) is 0 Å². The summed E-state index contributed by atoms with van der Waals surface area (Å²) in [5, 5.41) is 2.77. The van der Waals surface area contributed by atoms with E-state index in [2.05, 4.69) is 11.9 Å². The average molecular weight is 418 g/mol. The molecule has 0 aliphatic rings. The van der Waals surface area contributed by atoms with Crippen molar-refractivity contribution in [1.29, 1.82) is 0 Å². The molecule has 0 spiro atoms. The minimum atomic E-state index is -3.23. The monoisotopic (exact) mass is 417 g/mol. The smallest absolute Gasteiger partial charge is 0.251 e. The molecule has 1 amide bonds. The van der Waals surface area contributed by atoms with E-state index in [4.69, 9.17) is 9.47 Å². The van der Waals surface area contributed by atoms with Crippen LogP contribution >= 0.6 is 0 Å². The third kappa shape index (κ3) is 6.64. The van der Waals surface area contributed by atoms with E-state index in [-0.39, 0.29) is 24.0 Å². The second-order valence-electron chi connectivity index (χ2n) is 6.55. The molecule has 0 fully saturated rings. The van der Waals surface area contributed by atoms with E-state index in [9.17, 15) is 13.2 Å². The van der Waals surface area contributed by atoms with Crippen molar-refractivity contribution in [3.8, 4) is 11.5 Å². The van der Waals surface area contributed by atoms with E-state index in [0.717, 1.165) is 11.1 Å². The molecule has 0 aliphatic carbocycles. The number of rotatable bonds is 11. The van der Waals surface area contributed by atoms with Crippen molar-refractivity contribution in [2.45, 2.75) is 18.6 Å². The van der Waals surface area contributed by atoms with Crippen LogP contribution in [0, 0.1) is 0 Å². The summed E-state index contributed by atoms with van der Waals surface area (Å²) in [6, 6.07) is 12.4. The Labute approximate surface area is 172 Å². The average Bonchev–Trinajstić information content (AvgIpc) is 2.71. The molecule has 0 bridgehead atoms. The molecule has 0 heterocycles. The Morgan fingerprint density at radius 2 is 1.86 bits per heavy atom. The van der Waals surface area contributed by atoms with Gasteiger partial charge in [-0.3, -0.25) is 4.79 Å². The van der Waals surface area contributed by atoms with Crippen LogP contribution in [0.5, 0.6) is 11.5 Å². The van der Waals surface area contributed by atoms with Gasteiger partial charge in [0.05, 0.1) is 25.7 Å². The van der Waals surface area contributed by atoms with Gasteiger partial charge in [0.15, 0.2) is 21.3 Å². The summed E-state index contributed by atoms with van der Waals surface area (Å²) in [4.78, 5) is 12.5. The molecule has 0 atom stereocenters. The first-order valence-electron chi connectivity index (χ1n) is 9.28. The Balaban J connectivity index is 1.95. The van der Waals surface area contributed by atoms with Crippen LogP contribution in [0.4, 0.5) is 0 Å². The summed E-state index contributed by atoms with van der Waals surface area (Å²) in [5.41, 5.74) is 1.97. The molecular formula is C22H27NO5S. The molecule has 156 valence electrons. The predicted molar refractivity (Wildman–Crippen MR) is 114 cm³/mol. The Kier molecular flexibility index (Phi) is 8.27. The zero-order valence-electron chi connectivity index (χ0n) is 16.8. The summed E-state index contributed by atoms with van der Waals surface area (Å²) >= 11 is 0. The third-order valence-corrected chi connectivity index (χ3v) is 6.01. The van der Waals surface area contributed by atoms with Crippen molar-refractivity contribution in [1.82, 2.24) is 5.32 Å². The third-order valence-electron chi connectivity index (χ3n) is 4.33. The zero-order chi connectivity index (χ0) is 21.3. The van der Waals surface area contributed by atoms with Gasteiger partial charge in [-0.2, -0.15) is 0 Å². The lowest BCUT2D eigenvalue weighted by Gasteiger charge is -2.14. The van der Waals surface area contributed by atoms with Gasteiger partial charge >= 0.3 is 0 Å². The molecule has 1 N–H and O–H groups in total. The molecule has 2 aromatic rings. The molecule has 0 saturated heterocycles. The number of hydrogen-bond acceptors (Lipinski definition) is 5. The van der Waals surface area contributed by atoms with Gasteiger partial charge in [-0.1, -0.05) is 36.4 Å². The van der Waals surface area contributed by atoms with Crippen molar-refractivity contribution >= 4 is 15.7 Å². The Hall–Kier alpha value is -2.80. The lowest BCUT2D eigenvalue weighted by Crippen LogP contribution is -2.26. The summed E-state index contributed by atoms with van der Waals surface area (Å²) in [5.74, 6) is 0.744. The zero-order valence-corrected chi connectivity index (χ0v) is 17.6. The normalized spacial score (nSPS) is 11.0. The van der Waals surface area contributed by atoms with E-state index in [1.807, 2.05) is 18.2 Å². The van der Waals surface area contributed by atoms with E-state index < -0.39 is 9.84 Å². The highest BCUT2D eigenvalue weighted by Gasteiger charge is 2.16. The van der Waals surface area contributed by atoms with Gasteiger partial charge in [0, 0.05) is 17.7 Å². The van der Waals surface area contributed by atoms with Crippen LogP contribution in [-0.2, 0) is 22.0 Å². The minimum absolute atomic E-state index is 0.00236. The highest BCUT2D eigenvalue weighted by atomic mass is 32.2. The first-order chi connectivity index (χ1) is 13.9. The largest absolute Gasteiger partial charge is 0.493 e. The van der Waals surface area contributed by atoms with Gasteiger partial charge in [-0.25, -0.2) is 8.42 Å². The van der Waals surface area contributed by atoms with Gasteiger partial charge in [-0.05, 0) is 30.5 Å². The molecule has 0 aliphatic heterocycles. The maximum Gasteiger partial charge on any atom is 0.251 e. The first-order valence-corrected chi connectivity index (χ1v) is 11.1. The molecule has 6 nitrogen and oxygen atoms in total. The number of hydrogen-bond donors (Lipinski definition) is 1. The van der Waals surface area contributed by atoms with E-state index in [0.29, 0.717) is 29.9 Å². The fourth-order valence-electron chi connectivity index (χ4n) is 2.98. The van der Waals surface area contributed by atoms with Gasteiger partial charge < -0.3 is 14.8 Å². The summed E-state index contributed by atoms with van der Waals surface area (Å²) in [6.45, 7) is 3.98. The Morgan fingerprint density at radius 1 is 1.14 bits per heavy atom. The van der Waals surface area contributed by atoms with Gasteiger partial charge in [-0.15, -0.1) is 6.58 Å². The molecule has 0 aromatic heterocycles. The minimum Gasteiger partial charge on any atom is -0.493 e. The molecular weight excluding hydrogens is 390 g/mol. The van der Waals surface area contributed by atoms with Crippen LogP contribution in [-0.4, -0.2) is 40.8 Å². The summed E-state index contributed by atoms with van der Waals surface area (Å²) < 4.78 is 35.2. The molecule has 7 heteroatoms. The lowest BCUT2D eigenvalue weighted by atomic mass is 10.0. The number of nitrogens with one attached hydrogen (secondary N) is 1. The molecule has 29 heavy (non-hydrogen) atoms. The topological polar surface area (TPSA) is 81.7 Å². The van der Waals surface area contributed by atoms with Crippen LogP contribution < -0.4 is 14.8 Å². The van der Waals surface area contributed by atoms with E-state index in [1.54, 1.807) is 37.5 Å². The second-order valence-corrected chi connectivity index (χ2v) is 8.73. The number of carbonyl (C=O) groups excluding carboxylic acids is 1. The van der Waals surface area contributed by atoms with Crippen molar-refractivity contribution in [2.75, 3.05) is 26.5 Å². The molecule has 0 unspecified atom stereocenters. The van der Waals surface area contributed by atoms with Gasteiger partial charge in [0.2, 0.25) is 0 Å². The number of amides is 1. The number of benzene rings is 2. The van der Waals surface area contributed by atoms with Crippen molar-refractivity contribution < 1.29 is 22.7 Å². The van der Waals surface area contributed by atoms with Crippen LogP contribution in [0.15, 0.2) is 55.1 Å². The SMILES string of the molecule is C=CCc1cc(C(=O)NCCCS(=O)(=O)Cc2ccccc2)cc(OC)c1OC. The second kappa shape index (κ2) is 10.7. The fourth-order valence-corrected chi connectivity index (χ4v) is 4.41. The summed E-state index contributed by atoms with van der Waals surface area (Å²) in [7, 11) is -0.179. The highest BCUT2D eigenvalue weighted by Crippen LogP contribution is 2.33. The standard InChI is InChI=1S/C22H27NO5S/c1-4-9-18-14-19(15-20(27-2)21(18)28-3)22(24)23-12-8-13-29(25,26)16-17-10-6-5-7-11-17/h4-7,10-11,14-15H,1,8-9,12-13,16H2,2-3H3,(H,23,24). The number of allylic oxidation sites excluding steroid dienone is 1. The molecule has 2 rings (SSSR count). The maximum atomic E-state index is 12.5.